The van der Waals surface area contributed by atoms with Crippen molar-refractivity contribution in [2.24, 2.45) is 5.92 Å². The second-order valence-corrected chi connectivity index (χ2v) is 4.67. The summed E-state index contributed by atoms with van der Waals surface area (Å²) in [6, 6.07) is 0. The highest BCUT2D eigenvalue weighted by Crippen LogP contribution is 2.46. The topological polar surface area (TPSA) is 0 Å². The van der Waals surface area contributed by atoms with Gasteiger partial charge in [-0.3, -0.25) is 0 Å². The molecule has 2 fully saturated rings. The highest BCUT2D eigenvalue weighted by molar-refractivity contribution is 6.40. The van der Waals surface area contributed by atoms with Gasteiger partial charge in [0.15, 0.2) is 0 Å². The summed E-state index contributed by atoms with van der Waals surface area (Å²) in [5, 5.41) is 0. The van der Waals surface area contributed by atoms with Crippen LogP contribution in [-0.2, 0) is 0 Å². The quantitative estimate of drug-likeness (QED) is 0.545. The van der Waals surface area contributed by atoms with Gasteiger partial charge in [-0.25, -0.2) is 0 Å². The van der Waals surface area contributed by atoms with Crippen LogP contribution in [0.4, 0.5) is 0 Å². The van der Waals surface area contributed by atoms with Gasteiger partial charge in [-0.1, -0.05) is 63.5 Å². The molecule has 0 aromatic carbocycles. The van der Waals surface area contributed by atoms with Crippen molar-refractivity contribution < 1.29 is 0 Å². The van der Waals surface area contributed by atoms with Gasteiger partial charge in [0.25, 0.3) is 0 Å². The third kappa shape index (κ3) is 1.70. The smallest absolute Gasteiger partial charge is 0.0686 e. The normalized spacial score (nSPS) is 40.6. The lowest BCUT2D eigenvalue weighted by molar-refractivity contribution is 0.323. The van der Waals surface area contributed by atoms with Gasteiger partial charge in [0, 0.05) is 0 Å². The van der Waals surface area contributed by atoms with Crippen molar-refractivity contribution in [2.75, 3.05) is 0 Å². The Morgan fingerprint density at radius 1 is 1.17 bits per heavy atom. The molecule has 0 aromatic heterocycles. The number of fused-ring (bicyclic) bond motifs is 2. The monoisotopic (exact) mass is 163 g/mol. The third-order valence-electron chi connectivity index (χ3n) is 3.80. The van der Waals surface area contributed by atoms with E-state index in [0.29, 0.717) is 0 Å². The van der Waals surface area contributed by atoms with Crippen LogP contribution in [0.25, 0.3) is 0 Å². The molecule has 2 saturated heterocycles. The van der Waals surface area contributed by atoms with E-state index in [2.05, 4.69) is 14.2 Å². The van der Waals surface area contributed by atoms with E-state index in [0.717, 1.165) is 17.6 Å². The Balaban J connectivity index is 1.90. The van der Waals surface area contributed by atoms with E-state index in [9.17, 15) is 0 Å². The van der Waals surface area contributed by atoms with E-state index in [4.69, 9.17) is 0 Å². The average Bonchev–Trinajstić information content (AvgIpc) is 2.11. The largest absolute Gasteiger partial charge is 0.118 e. The third-order valence-corrected chi connectivity index (χ3v) is 3.80. The van der Waals surface area contributed by atoms with Crippen LogP contribution in [-0.4, -0.2) is 7.28 Å². The van der Waals surface area contributed by atoms with Crippen molar-refractivity contribution in [1.29, 1.82) is 0 Å². The molecule has 1 radical (unpaired) electrons. The maximum atomic E-state index is 2.69. The molecular weight excluding hydrogens is 143 g/mol. The van der Waals surface area contributed by atoms with Crippen molar-refractivity contribution in [3.63, 3.8) is 0 Å². The highest BCUT2D eigenvalue weighted by Gasteiger charge is 2.33. The summed E-state index contributed by atoms with van der Waals surface area (Å²) in [6.45, 7) is 2.33. The maximum absolute atomic E-state index is 2.69. The lowest BCUT2D eigenvalue weighted by atomic mass is 9.41. The second-order valence-electron chi connectivity index (χ2n) is 4.67. The zero-order valence-corrected chi connectivity index (χ0v) is 8.26. The van der Waals surface area contributed by atoms with Crippen molar-refractivity contribution in [3.8, 4) is 0 Å². The standard InChI is InChI=1S/C11H20B/c1-2-4-9-7-8-10-5-3-6-11(9)12-10/h9-11H,2-8H2,1H3. The molecule has 12 heavy (non-hydrogen) atoms. The number of hydrogen-bond donors (Lipinski definition) is 0. The van der Waals surface area contributed by atoms with E-state index in [-0.39, 0.29) is 0 Å². The molecule has 2 aliphatic rings. The number of rotatable bonds is 2. The van der Waals surface area contributed by atoms with Gasteiger partial charge in [-0.2, -0.15) is 0 Å². The first kappa shape index (κ1) is 8.65. The van der Waals surface area contributed by atoms with Crippen molar-refractivity contribution in [3.05, 3.63) is 0 Å². The molecule has 2 aliphatic heterocycles. The molecule has 2 rings (SSSR count). The minimum absolute atomic E-state index is 1.01. The molecule has 0 saturated carbocycles. The van der Waals surface area contributed by atoms with Crippen LogP contribution in [0.1, 0.15) is 51.9 Å². The minimum Gasteiger partial charge on any atom is -0.0686 e. The summed E-state index contributed by atoms with van der Waals surface area (Å²) in [4.78, 5) is 0. The van der Waals surface area contributed by atoms with Crippen LogP contribution in [0.2, 0.25) is 11.6 Å². The summed E-state index contributed by atoms with van der Waals surface area (Å²) in [7, 11) is 2.69. The van der Waals surface area contributed by atoms with Crippen LogP contribution in [0.3, 0.4) is 0 Å². The first-order chi connectivity index (χ1) is 5.90. The van der Waals surface area contributed by atoms with Crippen molar-refractivity contribution in [2.45, 2.75) is 63.5 Å². The van der Waals surface area contributed by atoms with Gasteiger partial charge in [0.2, 0.25) is 0 Å². The molecule has 2 bridgehead atoms. The zero-order valence-electron chi connectivity index (χ0n) is 8.26. The summed E-state index contributed by atoms with van der Waals surface area (Å²) in [6.07, 6.45) is 10.4. The van der Waals surface area contributed by atoms with Gasteiger partial charge in [-0.15, -0.1) is 0 Å². The fraction of sp³-hybridized carbons (Fsp3) is 1.00. The summed E-state index contributed by atoms with van der Waals surface area (Å²) >= 11 is 0. The Hall–Kier alpha value is 0.0649. The van der Waals surface area contributed by atoms with Crippen LogP contribution < -0.4 is 0 Å². The predicted octanol–water partition coefficient (Wildman–Crippen LogP) is 3.66. The summed E-state index contributed by atoms with van der Waals surface area (Å²) in [5.41, 5.74) is 0. The Labute approximate surface area is 77.4 Å². The average molecular weight is 163 g/mol. The van der Waals surface area contributed by atoms with Crippen LogP contribution >= 0.6 is 0 Å². The molecule has 3 atom stereocenters. The first-order valence-corrected chi connectivity index (χ1v) is 5.75. The highest BCUT2D eigenvalue weighted by atomic mass is 14.3. The molecule has 2 heterocycles. The SMILES string of the molecule is CCCC1CCC2[B]C1CCC2. The Morgan fingerprint density at radius 3 is 2.92 bits per heavy atom. The van der Waals surface area contributed by atoms with Gasteiger partial charge in [-0.05, 0) is 5.92 Å². The maximum Gasteiger partial charge on any atom is 0.118 e. The fourth-order valence-electron chi connectivity index (χ4n) is 3.16. The lowest BCUT2D eigenvalue weighted by Gasteiger charge is -2.39. The fourth-order valence-corrected chi connectivity index (χ4v) is 3.16. The molecule has 3 unspecified atom stereocenters. The molecule has 0 N–H and O–H groups in total. The second kappa shape index (κ2) is 3.85. The van der Waals surface area contributed by atoms with E-state index in [1.165, 1.54) is 44.9 Å². The van der Waals surface area contributed by atoms with Crippen molar-refractivity contribution >= 4 is 7.28 Å². The van der Waals surface area contributed by atoms with Crippen molar-refractivity contribution in [1.82, 2.24) is 0 Å². The molecule has 0 amide bonds. The Morgan fingerprint density at radius 2 is 2.08 bits per heavy atom. The van der Waals surface area contributed by atoms with Gasteiger partial charge >= 0.3 is 0 Å². The lowest BCUT2D eigenvalue weighted by Crippen LogP contribution is -2.28. The predicted molar refractivity (Wildman–Crippen MR) is 54.7 cm³/mol. The van der Waals surface area contributed by atoms with E-state index < -0.39 is 0 Å². The van der Waals surface area contributed by atoms with Crippen LogP contribution in [0.15, 0.2) is 0 Å². The summed E-state index contributed by atoms with van der Waals surface area (Å²) in [5.74, 6) is 3.08. The minimum atomic E-state index is 1.01. The molecule has 0 aliphatic carbocycles. The van der Waals surface area contributed by atoms with Crippen LogP contribution in [0, 0.1) is 5.92 Å². The molecule has 0 spiro atoms. The van der Waals surface area contributed by atoms with Gasteiger partial charge in [0.05, 0.1) is 0 Å². The van der Waals surface area contributed by atoms with E-state index in [1.807, 2.05) is 0 Å². The Bertz CT molecular complexity index is 142. The van der Waals surface area contributed by atoms with Gasteiger partial charge < -0.3 is 0 Å². The first-order valence-electron chi connectivity index (χ1n) is 5.75. The molecule has 1 heteroatoms. The summed E-state index contributed by atoms with van der Waals surface area (Å²) < 4.78 is 0. The van der Waals surface area contributed by atoms with E-state index in [1.54, 1.807) is 0 Å². The Kier molecular flexibility index (Phi) is 2.78. The molecular formula is C11H20B. The number of hydrogen-bond acceptors (Lipinski definition) is 0. The molecule has 0 aromatic rings. The molecule has 67 valence electrons. The van der Waals surface area contributed by atoms with E-state index >= 15 is 0 Å². The van der Waals surface area contributed by atoms with Crippen LogP contribution in [0.5, 0.6) is 0 Å². The zero-order chi connectivity index (χ0) is 8.39. The molecule has 0 nitrogen and oxygen atoms in total. The van der Waals surface area contributed by atoms with Gasteiger partial charge in [0.1, 0.15) is 7.28 Å².